The minimum absolute atomic E-state index is 0.00978. The van der Waals surface area contributed by atoms with Crippen LogP contribution in [0.25, 0.3) is 0 Å². The fraction of sp³-hybridized carbons (Fsp3) is 0.500. The lowest BCUT2D eigenvalue weighted by molar-refractivity contribution is -0.141. The van der Waals surface area contributed by atoms with Crippen molar-refractivity contribution in [3.63, 3.8) is 0 Å². The second-order valence-corrected chi connectivity index (χ2v) is 11.0. The van der Waals surface area contributed by atoms with Crippen molar-refractivity contribution in [2.24, 2.45) is 5.92 Å². The van der Waals surface area contributed by atoms with E-state index in [4.69, 9.17) is 9.47 Å². The second kappa shape index (κ2) is 11.7. The molecule has 2 aromatic rings. The van der Waals surface area contributed by atoms with E-state index in [1.54, 1.807) is 42.2 Å². The number of amides is 4. The van der Waals surface area contributed by atoms with Gasteiger partial charge < -0.3 is 34.4 Å². The molecule has 0 unspecified atom stereocenters. The Kier molecular flexibility index (Phi) is 8.04. The van der Waals surface area contributed by atoms with E-state index in [1.807, 2.05) is 35.2 Å². The number of nitrogens with one attached hydrogen (secondary N) is 1. The van der Waals surface area contributed by atoms with E-state index in [0.717, 1.165) is 31.6 Å². The van der Waals surface area contributed by atoms with Crippen LogP contribution in [0.5, 0.6) is 11.5 Å². The highest BCUT2D eigenvalue weighted by Crippen LogP contribution is 2.40. The zero-order valence-corrected chi connectivity index (χ0v) is 23.6. The summed E-state index contributed by atoms with van der Waals surface area (Å²) in [5.41, 5.74) is 0.693. The van der Waals surface area contributed by atoms with Crippen molar-refractivity contribution in [3.05, 3.63) is 48.5 Å². The largest absolute Gasteiger partial charge is 0.497 e. The summed E-state index contributed by atoms with van der Waals surface area (Å²) in [6.45, 7) is 4.97. The van der Waals surface area contributed by atoms with Crippen molar-refractivity contribution >= 4 is 29.2 Å². The molecule has 0 aliphatic carbocycles. The van der Waals surface area contributed by atoms with Gasteiger partial charge in [-0.3, -0.25) is 9.59 Å². The van der Waals surface area contributed by atoms with Gasteiger partial charge >= 0.3 is 6.03 Å². The first-order chi connectivity index (χ1) is 19.3. The van der Waals surface area contributed by atoms with Gasteiger partial charge in [0.1, 0.15) is 23.6 Å². The van der Waals surface area contributed by atoms with Crippen LogP contribution in [0.3, 0.4) is 0 Å². The Hall–Kier alpha value is -3.95. The van der Waals surface area contributed by atoms with Gasteiger partial charge in [-0.2, -0.15) is 0 Å². The third-order valence-corrected chi connectivity index (χ3v) is 8.57. The van der Waals surface area contributed by atoms with Crippen molar-refractivity contribution in [1.82, 2.24) is 14.7 Å². The van der Waals surface area contributed by atoms with E-state index in [9.17, 15) is 14.4 Å². The van der Waals surface area contributed by atoms with E-state index in [-0.39, 0.29) is 24.4 Å². The maximum absolute atomic E-state index is 14.0. The summed E-state index contributed by atoms with van der Waals surface area (Å²) in [4.78, 5) is 47.8. The highest BCUT2D eigenvalue weighted by atomic mass is 16.5. The Balaban J connectivity index is 1.29. The fourth-order valence-corrected chi connectivity index (χ4v) is 6.02. The fourth-order valence-electron chi connectivity index (χ4n) is 6.02. The average Bonchev–Trinajstić information content (AvgIpc) is 3.24. The van der Waals surface area contributed by atoms with Crippen LogP contribution >= 0.6 is 0 Å². The monoisotopic (exact) mass is 549 g/mol. The molecule has 1 spiro atoms. The lowest BCUT2D eigenvalue weighted by Gasteiger charge is -2.43. The van der Waals surface area contributed by atoms with Crippen LogP contribution in [-0.4, -0.2) is 91.7 Å². The molecule has 3 aliphatic heterocycles. The lowest BCUT2D eigenvalue weighted by Crippen LogP contribution is -2.58. The Morgan fingerprint density at radius 3 is 2.30 bits per heavy atom. The maximum Gasteiger partial charge on any atom is 0.321 e. The van der Waals surface area contributed by atoms with Gasteiger partial charge in [-0.05, 0) is 55.9 Å². The number of carbonyl (C=O) groups is 3. The van der Waals surface area contributed by atoms with Gasteiger partial charge in [0.25, 0.3) is 5.91 Å². The SMILES string of the molecule is COc1ccc(NC(=O)N2CCC3(CC2)C(=O)N(CC(=O)N2CCC(C)CC2)CN3c2ccccc2)c(OC)c1. The number of urea groups is 1. The van der Waals surface area contributed by atoms with Gasteiger partial charge in [-0.25, -0.2) is 4.79 Å². The number of nitrogens with zero attached hydrogens (tertiary/aromatic N) is 4. The molecule has 3 heterocycles. The number of carbonyl (C=O) groups excluding carboxylic acids is 3. The number of hydrogen-bond acceptors (Lipinski definition) is 6. The summed E-state index contributed by atoms with van der Waals surface area (Å²) in [5, 5.41) is 2.94. The first-order valence-corrected chi connectivity index (χ1v) is 14.0. The number of likely N-dealkylation sites (tertiary alicyclic amines) is 2. The van der Waals surface area contributed by atoms with E-state index >= 15 is 0 Å². The van der Waals surface area contributed by atoms with Crippen LogP contribution in [0.2, 0.25) is 0 Å². The molecular formula is C30H39N5O5. The maximum atomic E-state index is 14.0. The van der Waals surface area contributed by atoms with Crippen molar-refractivity contribution in [3.8, 4) is 11.5 Å². The van der Waals surface area contributed by atoms with Crippen molar-refractivity contribution in [2.75, 3.05) is 63.8 Å². The van der Waals surface area contributed by atoms with Crippen LogP contribution in [-0.2, 0) is 9.59 Å². The Morgan fingerprint density at radius 1 is 0.950 bits per heavy atom. The van der Waals surface area contributed by atoms with Crippen molar-refractivity contribution in [1.29, 1.82) is 0 Å². The summed E-state index contributed by atoms with van der Waals surface area (Å²) in [6.07, 6.45) is 2.94. The minimum Gasteiger partial charge on any atom is -0.497 e. The molecule has 2 aromatic carbocycles. The molecule has 10 heteroatoms. The van der Waals surface area contributed by atoms with Gasteiger partial charge in [0, 0.05) is 37.9 Å². The van der Waals surface area contributed by atoms with E-state index in [1.165, 1.54) is 0 Å². The molecule has 0 atom stereocenters. The molecule has 214 valence electrons. The van der Waals surface area contributed by atoms with Crippen LogP contribution in [0.4, 0.5) is 16.2 Å². The molecule has 5 rings (SSSR count). The predicted octanol–water partition coefficient (Wildman–Crippen LogP) is 3.64. The second-order valence-electron chi connectivity index (χ2n) is 11.0. The van der Waals surface area contributed by atoms with Crippen molar-refractivity contribution in [2.45, 2.75) is 38.1 Å². The average molecular weight is 550 g/mol. The Morgan fingerprint density at radius 2 is 1.65 bits per heavy atom. The number of rotatable bonds is 6. The predicted molar refractivity (Wildman–Crippen MR) is 153 cm³/mol. The Bertz CT molecular complexity index is 1220. The number of benzene rings is 2. The topological polar surface area (TPSA) is 94.7 Å². The lowest BCUT2D eigenvalue weighted by atomic mass is 9.85. The Labute approximate surface area is 235 Å². The number of piperidine rings is 2. The molecular weight excluding hydrogens is 510 g/mol. The van der Waals surface area contributed by atoms with E-state index < -0.39 is 5.54 Å². The molecule has 40 heavy (non-hydrogen) atoms. The van der Waals surface area contributed by atoms with Gasteiger partial charge in [0.05, 0.1) is 26.6 Å². The number of ether oxygens (including phenoxy) is 2. The molecule has 0 radical (unpaired) electrons. The zero-order valence-electron chi connectivity index (χ0n) is 23.6. The van der Waals surface area contributed by atoms with E-state index in [2.05, 4.69) is 17.1 Å². The third-order valence-electron chi connectivity index (χ3n) is 8.57. The number of methoxy groups -OCH3 is 2. The number of anilines is 2. The smallest absolute Gasteiger partial charge is 0.321 e. The van der Waals surface area contributed by atoms with Crippen LogP contribution in [0.15, 0.2) is 48.5 Å². The summed E-state index contributed by atoms with van der Waals surface area (Å²) < 4.78 is 10.7. The third kappa shape index (κ3) is 5.39. The summed E-state index contributed by atoms with van der Waals surface area (Å²) >= 11 is 0. The zero-order chi connectivity index (χ0) is 28.3. The van der Waals surface area contributed by atoms with Crippen LogP contribution in [0.1, 0.15) is 32.6 Å². The normalized spacial score (nSPS) is 19.2. The van der Waals surface area contributed by atoms with Gasteiger partial charge in [-0.1, -0.05) is 25.1 Å². The molecule has 0 bridgehead atoms. The van der Waals surface area contributed by atoms with Crippen LogP contribution in [0, 0.1) is 5.92 Å². The summed E-state index contributed by atoms with van der Waals surface area (Å²) in [6, 6.07) is 14.9. The van der Waals surface area contributed by atoms with Gasteiger partial charge in [0.15, 0.2) is 0 Å². The number of hydrogen-bond donors (Lipinski definition) is 1. The molecule has 10 nitrogen and oxygen atoms in total. The molecule has 1 N–H and O–H groups in total. The molecule has 4 amide bonds. The van der Waals surface area contributed by atoms with Gasteiger partial charge in [-0.15, -0.1) is 0 Å². The molecule has 0 saturated carbocycles. The minimum atomic E-state index is -0.799. The van der Waals surface area contributed by atoms with Crippen molar-refractivity contribution < 1.29 is 23.9 Å². The highest BCUT2D eigenvalue weighted by Gasteiger charge is 2.54. The number of para-hydroxylation sites is 1. The molecule has 3 fully saturated rings. The van der Waals surface area contributed by atoms with Crippen LogP contribution < -0.4 is 19.7 Å². The molecule has 0 aromatic heterocycles. The summed E-state index contributed by atoms with van der Waals surface area (Å²) in [7, 11) is 3.12. The summed E-state index contributed by atoms with van der Waals surface area (Å²) in [5.74, 6) is 1.74. The van der Waals surface area contributed by atoms with Gasteiger partial charge in [0.2, 0.25) is 5.91 Å². The first-order valence-electron chi connectivity index (χ1n) is 14.0. The van der Waals surface area contributed by atoms with E-state index in [0.29, 0.717) is 55.7 Å². The molecule has 3 saturated heterocycles. The quantitative estimate of drug-likeness (QED) is 0.592. The standard InChI is InChI=1S/C30H39N5O5/c1-22-11-15-32(16-12-22)27(36)20-34-21-35(23-7-5-4-6-8-23)30(28(34)37)13-17-33(18-14-30)29(38)31-25-10-9-24(39-2)19-26(25)40-3/h4-10,19,22H,11-18,20-21H2,1-3H3,(H,31,38). The molecule has 3 aliphatic rings. The first kappa shape index (κ1) is 27.6. The highest BCUT2D eigenvalue weighted by molar-refractivity contribution is 5.97.